The van der Waals surface area contributed by atoms with Crippen LogP contribution in [0.3, 0.4) is 0 Å². The molecule has 0 aliphatic carbocycles. The van der Waals surface area contributed by atoms with Crippen LogP contribution in [0.4, 0.5) is 4.79 Å². The van der Waals surface area contributed by atoms with Gasteiger partial charge in [-0.3, -0.25) is 4.90 Å². The van der Waals surface area contributed by atoms with Crippen LogP contribution in [-0.4, -0.2) is 34.5 Å². The number of rotatable bonds is 9. The van der Waals surface area contributed by atoms with Crippen LogP contribution in [0.25, 0.3) is 0 Å². The summed E-state index contributed by atoms with van der Waals surface area (Å²) in [7, 11) is 0. The number of amides is 1. The second kappa shape index (κ2) is 9.23. The number of aldehydes is 1. The van der Waals surface area contributed by atoms with Gasteiger partial charge in [0, 0.05) is 6.04 Å². The Balaban J connectivity index is 3.00. The lowest BCUT2D eigenvalue weighted by molar-refractivity contribution is -0.113. The standard InChI is InChI=1S/C18H27NO3/c1-4-5-11-16(13-20)19(18(21)22)17(14(2)3)12-15-9-7-6-8-10-15/h6-10,13-14,16-17H,4-5,11-12H2,1-3H3,(H,21,22)/t16-,17+/m0/s1. The van der Waals surface area contributed by atoms with Gasteiger partial charge in [-0.05, 0) is 24.3 Å². The average molecular weight is 305 g/mol. The van der Waals surface area contributed by atoms with Crippen molar-refractivity contribution in [1.82, 2.24) is 4.90 Å². The topological polar surface area (TPSA) is 57.6 Å². The third kappa shape index (κ3) is 5.17. The summed E-state index contributed by atoms with van der Waals surface area (Å²) in [6.07, 6.45) is 2.78. The number of carbonyl (C=O) groups excluding carboxylic acids is 1. The van der Waals surface area contributed by atoms with E-state index in [1.54, 1.807) is 0 Å². The summed E-state index contributed by atoms with van der Waals surface area (Å²) in [6.45, 7) is 6.05. The minimum absolute atomic E-state index is 0.139. The summed E-state index contributed by atoms with van der Waals surface area (Å²) in [5.41, 5.74) is 1.09. The first-order valence-corrected chi connectivity index (χ1v) is 8.01. The van der Waals surface area contributed by atoms with Crippen LogP contribution in [0.5, 0.6) is 0 Å². The minimum atomic E-state index is -1.01. The average Bonchev–Trinajstić information content (AvgIpc) is 2.50. The van der Waals surface area contributed by atoms with E-state index >= 15 is 0 Å². The maximum absolute atomic E-state index is 11.8. The van der Waals surface area contributed by atoms with Gasteiger partial charge in [0.05, 0.1) is 6.04 Å². The molecule has 0 aliphatic heterocycles. The second-order valence-electron chi connectivity index (χ2n) is 6.04. The first-order valence-electron chi connectivity index (χ1n) is 8.01. The molecule has 0 aliphatic rings. The Morgan fingerprint density at radius 2 is 1.91 bits per heavy atom. The Hall–Kier alpha value is -1.84. The Kier molecular flexibility index (Phi) is 7.64. The number of carboxylic acid groups (broad SMARTS) is 1. The lowest BCUT2D eigenvalue weighted by Crippen LogP contribution is -2.50. The molecule has 0 saturated heterocycles. The van der Waals surface area contributed by atoms with Crippen molar-refractivity contribution in [3.63, 3.8) is 0 Å². The second-order valence-corrected chi connectivity index (χ2v) is 6.04. The molecule has 0 aromatic heterocycles. The zero-order chi connectivity index (χ0) is 16.5. The van der Waals surface area contributed by atoms with E-state index in [0.29, 0.717) is 12.8 Å². The predicted octanol–water partition coefficient (Wildman–Crippen LogP) is 3.99. The number of carbonyl (C=O) groups is 2. The van der Waals surface area contributed by atoms with Crippen molar-refractivity contribution in [3.05, 3.63) is 35.9 Å². The van der Waals surface area contributed by atoms with Gasteiger partial charge in [-0.25, -0.2) is 4.79 Å². The van der Waals surface area contributed by atoms with Crippen LogP contribution < -0.4 is 0 Å². The molecule has 1 amide bonds. The number of hydrogen-bond donors (Lipinski definition) is 1. The van der Waals surface area contributed by atoms with Crippen LogP contribution in [0.15, 0.2) is 30.3 Å². The van der Waals surface area contributed by atoms with Crippen molar-refractivity contribution in [3.8, 4) is 0 Å². The molecule has 4 heteroatoms. The first kappa shape index (κ1) is 18.2. The SMILES string of the molecule is CCCC[C@@H](C=O)N(C(=O)O)[C@H](Cc1ccccc1)C(C)C. The van der Waals surface area contributed by atoms with Gasteiger partial charge in [-0.1, -0.05) is 63.9 Å². The Morgan fingerprint density at radius 3 is 2.36 bits per heavy atom. The third-order valence-electron chi connectivity index (χ3n) is 4.00. The van der Waals surface area contributed by atoms with Crippen LogP contribution in [0.1, 0.15) is 45.6 Å². The van der Waals surface area contributed by atoms with Gasteiger partial charge < -0.3 is 9.90 Å². The summed E-state index contributed by atoms with van der Waals surface area (Å²) >= 11 is 0. The van der Waals surface area contributed by atoms with Crippen molar-refractivity contribution in [2.45, 2.75) is 58.5 Å². The van der Waals surface area contributed by atoms with Crippen LogP contribution in [0.2, 0.25) is 0 Å². The molecule has 0 radical (unpaired) electrons. The summed E-state index contributed by atoms with van der Waals surface area (Å²) in [5, 5.41) is 9.64. The smallest absolute Gasteiger partial charge is 0.408 e. The first-order chi connectivity index (χ1) is 10.5. The fourth-order valence-electron chi connectivity index (χ4n) is 2.73. The van der Waals surface area contributed by atoms with Crippen molar-refractivity contribution in [1.29, 1.82) is 0 Å². The molecule has 0 saturated carbocycles. The van der Waals surface area contributed by atoms with Gasteiger partial charge in [0.2, 0.25) is 0 Å². The lowest BCUT2D eigenvalue weighted by Gasteiger charge is -2.36. The van der Waals surface area contributed by atoms with Gasteiger partial charge in [-0.15, -0.1) is 0 Å². The van der Waals surface area contributed by atoms with Gasteiger partial charge in [0.25, 0.3) is 0 Å². The highest BCUT2D eigenvalue weighted by molar-refractivity contribution is 5.72. The van der Waals surface area contributed by atoms with E-state index in [0.717, 1.165) is 24.7 Å². The zero-order valence-corrected chi connectivity index (χ0v) is 13.7. The monoisotopic (exact) mass is 305 g/mol. The van der Waals surface area contributed by atoms with Crippen molar-refractivity contribution in [2.24, 2.45) is 5.92 Å². The van der Waals surface area contributed by atoms with Crippen LogP contribution in [-0.2, 0) is 11.2 Å². The van der Waals surface area contributed by atoms with Crippen molar-refractivity contribution < 1.29 is 14.7 Å². The molecule has 0 spiro atoms. The molecule has 1 aromatic rings. The molecule has 1 rings (SSSR count). The van der Waals surface area contributed by atoms with E-state index in [4.69, 9.17) is 0 Å². The largest absolute Gasteiger partial charge is 0.465 e. The highest BCUT2D eigenvalue weighted by atomic mass is 16.4. The summed E-state index contributed by atoms with van der Waals surface area (Å²) < 4.78 is 0. The Bertz CT molecular complexity index is 459. The lowest BCUT2D eigenvalue weighted by atomic mass is 9.93. The molecular weight excluding hydrogens is 278 g/mol. The number of benzene rings is 1. The maximum Gasteiger partial charge on any atom is 0.408 e. The number of unbranched alkanes of at least 4 members (excludes halogenated alkanes) is 1. The molecule has 22 heavy (non-hydrogen) atoms. The molecule has 1 aromatic carbocycles. The Morgan fingerprint density at radius 1 is 1.27 bits per heavy atom. The zero-order valence-electron chi connectivity index (χ0n) is 13.7. The summed E-state index contributed by atoms with van der Waals surface area (Å²) in [6, 6.07) is 9.08. The fourth-order valence-corrected chi connectivity index (χ4v) is 2.73. The summed E-state index contributed by atoms with van der Waals surface area (Å²) in [4.78, 5) is 24.6. The van der Waals surface area contributed by atoms with Gasteiger partial charge in [0.1, 0.15) is 6.29 Å². The van der Waals surface area contributed by atoms with Crippen molar-refractivity contribution >= 4 is 12.4 Å². The fraction of sp³-hybridized carbons (Fsp3) is 0.556. The van der Waals surface area contributed by atoms with E-state index in [9.17, 15) is 14.7 Å². The quantitative estimate of drug-likeness (QED) is 0.702. The van der Waals surface area contributed by atoms with Crippen molar-refractivity contribution in [2.75, 3.05) is 0 Å². The van der Waals surface area contributed by atoms with E-state index in [1.165, 1.54) is 4.90 Å². The van der Waals surface area contributed by atoms with E-state index in [2.05, 4.69) is 0 Å². The Labute approximate surface area is 133 Å². The predicted molar refractivity (Wildman–Crippen MR) is 88.0 cm³/mol. The van der Waals surface area contributed by atoms with Crippen LogP contribution in [0, 0.1) is 5.92 Å². The molecule has 0 bridgehead atoms. The van der Waals surface area contributed by atoms with Gasteiger partial charge >= 0.3 is 6.09 Å². The highest BCUT2D eigenvalue weighted by Crippen LogP contribution is 2.21. The highest BCUT2D eigenvalue weighted by Gasteiger charge is 2.32. The van der Waals surface area contributed by atoms with E-state index in [-0.39, 0.29) is 12.0 Å². The minimum Gasteiger partial charge on any atom is -0.465 e. The third-order valence-corrected chi connectivity index (χ3v) is 4.00. The van der Waals surface area contributed by atoms with Gasteiger partial charge in [0.15, 0.2) is 0 Å². The normalized spacial score (nSPS) is 13.6. The van der Waals surface area contributed by atoms with Gasteiger partial charge in [-0.2, -0.15) is 0 Å². The molecule has 4 nitrogen and oxygen atoms in total. The molecule has 2 atom stereocenters. The molecule has 0 unspecified atom stereocenters. The molecule has 0 heterocycles. The summed E-state index contributed by atoms with van der Waals surface area (Å²) in [5.74, 6) is 0.139. The number of nitrogens with zero attached hydrogens (tertiary/aromatic N) is 1. The maximum atomic E-state index is 11.8. The number of hydrogen-bond acceptors (Lipinski definition) is 2. The van der Waals surface area contributed by atoms with E-state index in [1.807, 2.05) is 51.1 Å². The van der Waals surface area contributed by atoms with E-state index < -0.39 is 12.1 Å². The van der Waals surface area contributed by atoms with Crippen LogP contribution >= 0.6 is 0 Å². The molecule has 0 fully saturated rings. The molecule has 122 valence electrons. The molecule has 1 N–H and O–H groups in total. The molecular formula is C18H27NO3.